The second-order valence-corrected chi connectivity index (χ2v) is 6.53. The lowest BCUT2D eigenvalue weighted by atomic mass is 10.1. The fraction of sp³-hybridized carbons (Fsp3) is 0.263. The van der Waals surface area contributed by atoms with Gasteiger partial charge in [-0.2, -0.15) is 0 Å². The van der Waals surface area contributed by atoms with Gasteiger partial charge in [-0.1, -0.05) is 11.6 Å². The van der Waals surface area contributed by atoms with E-state index in [1.807, 2.05) is 4.90 Å². The molecule has 0 aliphatic carbocycles. The van der Waals surface area contributed by atoms with E-state index in [0.29, 0.717) is 37.4 Å². The first kappa shape index (κ1) is 18.3. The smallest absolute Gasteiger partial charge is 0.255 e. The number of benzene rings is 2. The Kier molecular flexibility index (Phi) is 5.23. The van der Waals surface area contributed by atoms with E-state index in [-0.39, 0.29) is 22.3 Å². The van der Waals surface area contributed by atoms with Crippen LogP contribution in [0.15, 0.2) is 36.4 Å². The Bertz CT molecular complexity index is 865. The zero-order chi connectivity index (χ0) is 18.8. The molecule has 0 atom stereocenters. The van der Waals surface area contributed by atoms with Gasteiger partial charge in [0, 0.05) is 31.7 Å². The molecule has 0 radical (unpaired) electrons. The Morgan fingerprint density at radius 2 is 1.69 bits per heavy atom. The second-order valence-electron chi connectivity index (χ2n) is 6.13. The molecule has 0 spiro atoms. The second kappa shape index (κ2) is 7.41. The summed E-state index contributed by atoms with van der Waals surface area (Å²) in [6.07, 6.45) is 0. The highest BCUT2D eigenvalue weighted by Gasteiger charge is 2.25. The molecule has 4 nitrogen and oxygen atoms in total. The zero-order valence-corrected chi connectivity index (χ0v) is 14.9. The average molecular weight is 379 g/mol. The first-order chi connectivity index (χ1) is 12.4. The largest absolute Gasteiger partial charge is 0.366 e. The van der Waals surface area contributed by atoms with E-state index in [1.165, 1.54) is 25.1 Å². The number of piperazine rings is 1. The van der Waals surface area contributed by atoms with E-state index >= 15 is 0 Å². The topological polar surface area (TPSA) is 40.6 Å². The van der Waals surface area contributed by atoms with E-state index in [2.05, 4.69) is 0 Å². The van der Waals surface area contributed by atoms with Crippen LogP contribution >= 0.6 is 11.6 Å². The zero-order valence-electron chi connectivity index (χ0n) is 14.1. The van der Waals surface area contributed by atoms with Crippen molar-refractivity contribution in [1.29, 1.82) is 0 Å². The number of Topliss-reactive ketones (excluding diaryl/α,β-unsaturated/α-hetero) is 1. The van der Waals surface area contributed by atoms with Gasteiger partial charge in [0.05, 0.1) is 16.3 Å². The van der Waals surface area contributed by atoms with Crippen LogP contribution in [0.3, 0.4) is 0 Å². The molecule has 1 aliphatic heterocycles. The molecule has 0 saturated carbocycles. The van der Waals surface area contributed by atoms with Crippen LogP contribution in [0.2, 0.25) is 5.02 Å². The van der Waals surface area contributed by atoms with Gasteiger partial charge in [-0.25, -0.2) is 8.78 Å². The number of ketones is 1. The Hall–Kier alpha value is -2.47. The predicted molar refractivity (Wildman–Crippen MR) is 95.9 cm³/mol. The summed E-state index contributed by atoms with van der Waals surface area (Å²) in [7, 11) is 0. The average Bonchev–Trinajstić information content (AvgIpc) is 2.61. The lowest BCUT2D eigenvalue weighted by Gasteiger charge is -2.36. The number of carbonyl (C=O) groups excluding carboxylic acids is 2. The minimum atomic E-state index is -0.499. The molecule has 0 N–H and O–H groups in total. The van der Waals surface area contributed by atoms with Gasteiger partial charge in [0.25, 0.3) is 5.91 Å². The minimum absolute atomic E-state index is 0.0725. The molecule has 1 heterocycles. The van der Waals surface area contributed by atoms with E-state index in [9.17, 15) is 18.4 Å². The van der Waals surface area contributed by atoms with Crippen molar-refractivity contribution in [1.82, 2.24) is 4.90 Å². The van der Waals surface area contributed by atoms with Crippen molar-refractivity contribution in [2.24, 2.45) is 0 Å². The van der Waals surface area contributed by atoms with Crippen LogP contribution in [0.1, 0.15) is 27.6 Å². The van der Waals surface area contributed by atoms with Crippen LogP contribution in [0.4, 0.5) is 14.5 Å². The number of anilines is 1. The molecule has 7 heteroatoms. The molecule has 1 fully saturated rings. The summed E-state index contributed by atoms with van der Waals surface area (Å²) < 4.78 is 27.4. The number of halogens is 3. The standard InChI is InChI=1S/C19H17ClF2N2O2/c1-12(25)13-2-5-18(17(22)10-13)23-6-8-24(9-7-23)19(26)15-4-3-14(21)11-16(15)20/h2-5,10-11H,6-9H2,1H3. The third-order valence-electron chi connectivity index (χ3n) is 4.42. The summed E-state index contributed by atoms with van der Waals surface area (Å²) in [4.78, 5) is 27.3. The third kappa shape index (κ3) is 3.70. The van der Waals surface area contributed by atoms with Crippen LogP contribution in [0, 0.1) is 11.6 Å². The van der Waals surface area contributed by atoms with Gasteiger partial charge in [0.1, 0.15) is 11.6 Å². The highest BCUT2D eigenvalue weighted by atomic mass is 35.5. The van der Waals surface area contributed by atoms with Crippen molar-refractivity contribution in [3.63, 3.8) is 0 Å². The van der Waals surface area contributed by atoms with Crippen molar-refractivity contribution < 1.29 is 18.4 Å². The molecule has 2 aromatic carbocycles. The maximum Gasteiger partial charge on any atom is 0.255 e. The van der Waals surface area contributed by atoms with Crippen molar-refractivity contribution in [2.45, 2.75) is 6.92 Å². The number of hydrogen-bond acceptors (Lipinski definition) is 3. The van der Waals surface area contributed by atoms with Crippen LogP contribution in [-0.4, -0.2) is 42.8 Å². The summed E-state index contributed by atoms with van der Waals surface area (Å²) in [6.45, 7) is 3.06. The molecule has 1 saturated heterocycles. The van der Waals surface area contributed by atoms with Gasteiger partial charge in [-0.05, 0) is 43.3 Å². The first-order valence-electron chi connectivity index (χ1n) is 8.16. The van der Waals surface area contributed by atoms with E-state index in [4.69, 9.17) is 11.6 Å². The molecule has 136 valence electrons. The summed E-state index contributed by atoms with van der Waals surface area (Å²) in [5.41, 5.74) is 0.978. The van der Waals surface area contributed by atoms with Gasteiger partial charge < -0.3 is 9.80 Å². The van der Waals surface area contributed by atoms with Gasteiger partial charge in [-0.15, -0.1) is 0 Å². The molecular formula is C19H17ClF2N2O2. The Morgan fingerprint density at radius 1 is 1.00 bits per heavy atom. The highest BCUT2D eigenvalue weighted by molar-refractivity contribution is 6.33. The molecular weight excluding hydrogens is 362 g/mol. The van der Waals surface area contributed by atoms with E-state index in [1.54, 1.807) is 17.0 Å². The summed E-state index contributed by atoms with van der Waals surface area (Å²) in [6, 6.07) is 8.08. The van der Waals surface area contributed by atoms with Gasteiger partial charge in [-0.3, -0.25) is 9.59 Å². The number of hydrogen-bond donors (Lipinski definition) is 0. The highest BCUT2D eigenvalue weighted by Crippen LogP contribution is 2.24. The van der Waals surface area contributed by atoms with Crippen molar-refractivity contribution >= 4 is 29.0 Å². The summed E-state index contributed by atoms with van der Waals surface area (Å²) in [5, 5.41) is 0.0725. The first-order valence-corrected chi connectivity index (χ1v) is 8.54. The molecule has 26 heavy (non-hydrogen) atoms. The summed E-state index contributed by atoms with van der Waals surface area (Å²) in [5.74, 6) is -1.43. The Balaban J connectivity index is 1.69. The molecule has 1 aliphatic rings. The van der Waals surface area contributed by atoms with Crippen molar-refractivity contribution in [3.8, 4) is 0 Å². The lowest BCUT2D eigenvalue weighted by Crippen LogP contribution is -2.49. The quantitative estimate of drug-likeness (QED) is 0.763. The molecule has 1 amide bonds. The molecule has 0 aromatic heterocycles. The fourth-order valence-electron chi connectivity index (χ4n) is 2.97. The lowest BCUT2D eigenvalue weighted by molar-refractivity contribution is 0.0746. The maximum absolute atomic E-state index is 14.3. The van der Waals surface area contributed by atoms with Gasteiger partial charge in [0.2, 0.25) is 0 Å². The Labute approximate surface area is 155 Å². The number of carbonyl (C=O) groups is 2. The van der Waals surface area contributed by atoms with Gasteiger partial charge >= 0.3 is 0 Å². The molecule has 0 unspecified atom stereocenters. The van der Waals surface area contributed by atoms with Crippen molar-refractivity contribution in [3.05, 3.63) is 64.2 Å². The normalized spacial score (nSPS) is 14.5. The van der Waals surface area contributed by atoms with Crippen molar-refractivity contribution in [2.75, 3.05) is 31.1 Å². The number of rotatable bonds is 3. The minimum Gasteiger partial charge on any atom is -0.366 e. The maximum atomic E-state index is 14.3. The predicted octanol–water partition coefficient (Wildman–Crippen LogP) is 3.78. The van der Waals surface area contributed by atoms with E-state index < -0.39 is 11.6 Å². The molecule has 2 aromatic rings. The van der Waals surface area contributed by atoms with Crippen LogP contribution < -0.4 is 4.90 Å². The van der Waals surface area contributed by atoms with Gasteiger partial charge in [0.15, 0.2) is 5.78 Å². The number of nitrogens with zero attached hydrogens (tertiary/aromatic N) is 2. The number of amides is 1. The molecule has 3 rings (SSSR count). The van der Waals surface area contributed by atoms with Crippen LogP contribution in [-0.2, 0) is 0 Å². The van der Waals surface area contributed by atoms with E-state index in [0.717, 1.165) is 6.07 Å². The monoisotopic (exact) mass is 378 g/mol. The van der Waals surface area contributed by atoms with Crippen LogP contribution in [0.25, 0.3) is 0 Å². The summed E-state index contributed by atoms with van der Waals surface area (Å²) >= 11 is 5.95. The molecule has 0 bridgehead atoms. The van der Waals surface area contributed by atoms with Crippen LogP contribution in [0.5, 0.6) is 0 Å². The Morgan fingerprint density at radius 3 is 2.27 bits per heavy atom. The fourth-order valence-corrected chi connectivity index (χ4v) is 3.21. The third-order valence-corrected chi connectivity index (χ3v) is 4.74. The SMILES string of the molecule is CC(=O)c1ccc(N2CCN(C(=O)c3ccc(F)cc3Cl)CC2)c(F)c1.